The zero-order valence-electron chi connectivity index (χ0n) is 22.8. The van der Waals surface area contributed by atoms with Crippen LogP contribution in [0, 0.1) is 11.8 Å². The molecule has 2 aromatic carbocycles. The lowest BCUT2D eigenvalue weighted by Gasteiger charge is -2.46. The number of rotatable bonds is 6. The number of carbonyl (C=O) groups excluding carboxylic acids is 3. The number of aryl methyl sites for hydroxylation is 2. The van der Waals surface area contributed by atoms with Crippen LogP contribution in [-0.4, -0.2) is 48.5 Å². The van der Waals surface area contributed by atoms with Gasteiger partial charge in [0.15, 0.2) is 17.2 Å². The molecule has 0 unspecified atom stereocenters. The van der Waals surface area contributed by atoms with Crippen molar-refractivity contribution in [1.82, 2.24) is 0 Å². The Morgan fingerprint density at radius 2 is 1.70 bits per heavy atom. The van der Waals surface area contributed by atoms with Gasteiger partial charge in [-0.2, -0.15) is 0 Å². The fourth-order valence-electron chi connectivity index (χ4n) is 6.74. The van der Waals surface area contributed by atoms with E-state index in [2.05, 4.69) is 0 Å². The molecule has 8 nitrogen and oxygen atoms in total. The largest absolute Gasteiger partial charge is 0.508 e. The van der Waals surface area contributed by atoms with Crippen molar-refractivity contribution in [3.05, 3.63) is 75.1 Å². The van der Waals surface area contributed by atoms with Gasteiger partial charge < -0.3 is 25.5 Å². The first-order valence-electron chi connectivity index (χ1n) is 13.7. The lowest BCUT2D eigenvalue weighted by Crippen LogP contribution is -2.57. The van der Waals surface area contributed by atoms with Crippen LogP contribution in [0.5, 0.6) is 11.5 Å². The van der Waals surface area contributed by atoms with Gasteiger partial charge in [-0.1, -0.05) is 32.0 Å². The number of phenols is 2. The smallest absolute Gasteiger partial charge is 0.202 e. The van der Waals surface area contributed by atoms with Crippen LogP contribution >= 0.6 is 0 Å². The van der Waals surface area contributed by atoms with Gasteiger partial charge in [0.2, 0.25) is 5.78 Å². The summed E-state index contributed by atoms with van der Waals surface area (Å²) in [6, 6.07) is 8.87. The van der Waals surface area contributed by atoms with Crippen LogP contribution in [0.2, 0.25) is 0 Å². The van der Waals surface area contributed by atoms with Gasteiger partial charge >= 0.3 is 0 Å². The van der Waals surface area contributed by atoms with E-state index < -0.39 is 51.9 Å². The molecule has 0 aromatic heterocycles. The number of allylic oxidation sites excluding steroid dienone is 1. The fraction of sp³-hybridized carbons (Fsp3) is 0.406. The van der Waals surface area contributed by atoms with E-state index in [9.17, 15) is 39.9 Å². The molecule has 0 radical (unpaired) electrons. The van der Waals surface area contributed by atoms with Crippen molar-refractivity contribution in [3.8, 4) is 11.5 Å². The third-order valence-corrected chi connectivity index (χ3v) is 8.75. The standard InChI is InChI=1S/C32H34O8/c1-15(2)22-12-18(6-4-5-17-7-9-21(34)10-8-17)28(36)27-23(22)13-19-11-20-14-24(35)25(16(3)33)30(38)32(20,40)31(39)26(19)29(27)37/h7-10,12,15,19-20,34,36-38,40H,4-6,11,13-14H2,1-3H3/t19-,20+,32-/m1/s1. The van der Waals surface area contributed by atoms with Gasteiger partial charge in [-0.3, -0.25) is 14.4 Å². The Balaban J connectivity index is 1.57. The van der Waals surface area contributed by atoms with E-state index in [4.69, 9.17) is 0 Å². The fourth-order valence-corrected chi connectivity index (χ4v) is 6.74. The summed E-state index contributed by atoms with van der Waals surface area (Å²) in [5.74, 6) is -5.03. The molecular weight excluding hydrogens is 512 g/mol. The van der Waals surface area contributed by atoms with E-state index in [1.54, 1.807) is 12.1 Å². The maximum absolute atomic E-state index is 13.8. The molecule has 1 fully saturated rings. The Bertz CT molecular complexity index is 1490. The topological polar surface area (TPSA) is 152 Å². The summed E-state index contributed by atoms with van der Waals surface area (Å²) in [5.41, 5.74) is 0.310. The van der Waals surface area contributed by atoms with E-state index in [0.717, 1.165) is 23.6 Å². The van der Waals surface area contributed by atoms with E-state index >= 15 is 0 Å². The molecule has 210 valence electrons. The molecular formula is C32H34O8. The Morgan fingerprint density at radius 1 is 1.02 bits per heavy atom. The molecule has 8 heteroatoms. The maximum Gasteiger partial charge on any atom is 0.202 e. The lowest BCUT2D eigenvalue weighted by molar-refractivity contribution is -0.147. The Hall–Kier alpha value is -3.91. The third-order valence-electron chi connectivity index (χ3n) is 8.75. The van der Waals surface area contributed by atoms with Gasteiger partial charge in [-0.05, 0) is 85.3 Å². The summed E-state index contributed by atoms with van der Waals surface area (Å²) < 4.78 is 0. The van der Waals surface area contributed by atoms with Crippen LogP contribution < -0.4 is 0 Å². The molecule has 1 saturated carbocycles. The minimum absolute atomic E-state index is 0.0529. The zero-order valence-corrected chi connectivity index (χ0v) is 22.8. The van der Waals surface area contributed by atoms with E-state index in [1.165, 1.54) is 0 Å². The molecule has 0 bridgehead atoms. The molecule has 0 heterocycles. The molecule has 3 atom stereocenters. The van der Waals surface area contributed by atoms with Crippen molar-refractivity contribution >= 4 is 23.1 Å². The number of carbonyl (C=O) groups is 3. The van der Waals surface area contributed by atoms with Gasteiger partial charge in [-0.15, -0.1) is 0 Å². The number of hydrogen-bond donors (Lipinski definition) is 5. The number of aromatic hydroxyl groups is 2. The summed E-state index contributed by atoms with van der Waals surface area (Å²) in [7, 11) is 0. The number of ketones is 3. The van der Waals surface area contributed by atoms with Crippen LogP contribution in [-0.2, 0) is 33.6 Å². The van der Waals surface area contributed by atoms with Gasteiger partial charge in [0, 0.05) is 17.9 Å². The molecule has 0 saturated heterocycles. The predicted molar refractivity (Wildman–Crippen MR) is 147 cm³/mol. The first kappa shape index (κ1) is 27.6. The van der Waals surface area contributed by atoms with Gasteiger partial charge in [0.25, 0.3) is 0 Å². The van der Waals surface area contributed by atoms with Crippen molar-refractivity contribution in [2.75, 3.05) is 0 Å². The monoisotopic (exact) mass is 546 g/mol. The minimum Gasteiger partial charge on any atom is -0.508 e. The predicted octanol–water partition coefficient (Wildman–Crippen LogP) is 4.53. The summed E-state index contributed by atoms with van der Waals surface area (Å²) in [6.45, 7) is 5.12. The number of hydrogen-bond acceptors (Lipinski definition) is 8. The minimum atomic E-state index is -2.50. The van der Waals surface area contributed by atoms with Crippen LogP contribution in [0.4, 0.5) is 0 Å². The van der Waals surface area contributed by atoms with Crippen molar-refractivity contribution in [2.24, 2.45) is 11.8 Å². The highest BCUT2D eigenvalue weighted by Gasteiger charge is 2.60. The van der Waals surface area contributed by atoms with Crippen LogP contribution in [0.1, 0.15) is 73.8 Å². The Morgan fingerprint density at radius 3 is 2.33 bits per heavy atom. The third kappa shape index (κ3) is 4.22. The van der Waals surface area contributed by atoms with Gasteiger partial charge in [0.1, 0.15) is 28.6 Å². The number of Topliss-reactive ketones (excluding diaryl/α,β-unsaturated/α-hetero) is 3. The summed E-state index contributed by atoms with van der Waals surface area (Å²) >= 11 is 0. The number of benzene rings is 2. The lowest BCUT2D eigenvalue weighted by atomic mass is 9.58. The second-order valence-electron chi connectivity index (χ2n) is 11.6. The summed E-state index contributed by atoms with van der Waals surface area (Å²) in [4.78, 5) is 38.5. The van der Waals surface area contributed by atoms with Crippen LogP contribution in [0.3, 0.4) is 0 Å². The van der Waals surface area contributed by atoms with Gasteiger partial charge in [0.05, 0.1) is 5.56 Å². The maximum atomic E-state index is 13.8. The molecule has 0 spiro atoms. The molecule has 0 aliphatic heterocycles. The van der Waals surface area contributed by atoms with E-state index in [1.807, 2.05) is 32.0 Å². The van der Waals surface area contributed by atoms with E-state index in [0.29, 0.717) is 31.2 Å². The highest BCUT2D eigenvalue weighted by Crippen LogP contribution is 2.53. The van der Waals surface area contributed by atoms with Crippen molar-refractivity contribution in [3.63, 3.8) is 0 Å². The van der Waals surface area contributed by atoms with Crippen LogP contribution in [0.25, 0.3) is 5.76 Å². The second kappa shape index (κ2) is 9.93. The molecule has 0 amide bonds. The number of aliphatic hydroxyl groups is 3. The molecule has 3 aliphatic carbocycles. The second-order valence-corrected chi connectivity index (χ2v) is 11.6. The first-order valence-corrected chi connectivity index (χ1v) is 13.7. The SMILES string of the molecule is CC(=O)C1=C(O)[C@@]2(O)C(=O)C3=C(O)c4c(O)c(CCCc5ccc(O)cc5)cc(C(C)C)c4C[C@H]3C[C@H]2CC1=O. The summed E-state index contributed by atoms with van der Waals surface area (Å²) in [6.07, 6.45) is 2.10. The highest BCUT2D eigenvalue weighted by atomic mass is 16.3. The molecule has 40 heavy (non-hydrogen) atoms. The first-order chi connectivity index (χ1) is 18.9. The zero-order chi connectivity index (χ0) is 29.1. The van der Waals surface area contributed by atoms with Crippen LogP contribution in [0.15, 0.2) is 47.2 Å². The number of phenolic OH excluding ortho intramolecular Hbond substituents is 2. The number of fused-ring (bicyclic) bond motifs is 3. The van der Waals surface area contributed by atoms with Gasteiger partial charge in [-0.25, -0.2) is 0 Å². The average Bonchev–Trinajstić information content (AvgIpc) is 2.88. The van der Waals surface area contributed by atoms with E-state index in [-0.39, 0.29) is 41.4 Å². The van der Waals surface area contributed by atoms with Crippen molar-refractivity contribution in [1.29, 1.82) is 0 Å². The van der Waals surface area contributed by atoms with Crippen molar-refractivity contribution in [2.45, 2.75) is 70.8 Å². The summed E-state index contributed by atoms with van der Waals surface area (Å²) in [5, 5.41) is 54.7. The molecule has 5 N–H and O–H groups in total. The van der Waals surface area contributed by atoms with Crippen molar-refractivity contribution < 1.29 is 39.9 Å². The average molecular weight is 547 g/mol. The number of aliphatic hydroxyl groups excluding tert-OH is 2. The highest BCUT2D eigenvalue weighted by molar-refractivity contribution is 6.23. The quantitative estimate of drug-likeness (QED) is 0.331. The molecule has 3 aliphatic rings. The molecule has 2 aromatic rings. The normalized spacial score (nSPS) is 24.2. The Kier molecular flexibility index (Phi) is 6.86. The molecule has 5 rings (SSSR count). The Labute approximate surface area is 232 Å².